The molecule has 5 nitrogen and oxygen atoms in total. The topological polar surface area (TPSA) is 79.4 Å². The number of methoxy groups -OCH3 is 1. The molecule has 0 unspecified atom stereocenters. The lowest BCUT2D eigenvalue weighted by molar-refractivity contribution is 0.0695. The van der Waals surface area contributed by atoms with Crippen molar-refractivity contribution in [2.75, 3.05) is 13.8 Å². The number of rotatable bonds is 5. The molecule has 6 heteroatoms. The molecule has 0 amide bonds. The van der Waals surface area contributed by atoms with Crippen LogP contribution in [-0.2, 0) is 6.42 Å². The van der Waals surface area contributed by atoms with Crippen LogP contribution in [0.5, 0.6) is 5.75 Å². The molecule has 0 atom stereocenters. The fraction of sp³-hybridized carbons (Fsp3) is 0.286. The summed E-state index contributed by atoms with van der Waals surface area (Å²) in [5, 5.41) is 9.20. The van der Waals surface area contributed by atoms with E-state index >= 15 is 0 Å². The monoisotopic (exact) mass is 279 g/mol. The van der Waals surface area contributed by atoms with E-state index in [1.54, 1.807) is 12.1 Å². The third-order valence-electron chi connectivity index (χ3n) is 3.06. The van der Waals surface area contributed by atoms with E-state index in [2.05, 4.69) is 4.98 Å². The smallest absolute Gasteiger partial charge is 0.341 e. The number of nitrogens with one attached hydrogen (secondary N) is 1. The van der Waals surface area contributed by atoms with Gasteiger partial charge in [-0.05, 0) is 30.5 Å². The highest BCUT2D eigenvalue weighted by molar-refractivity contribution is 5.94. The van der Waals surface area contributed by atoms with E-state index in [0.717, 1.165) is 11.8 Å². The minimum absolute atomic E-state index is 0.234. The van der Waals surface area contributed by atoms with Crippen molar-refractivity contribution in [3.05, 3.63) is 39.7 Å². The first-order valence-electron chi connectivity index (χ1n) is 6.10. The Morgan fingerprint density at radius 1 is 1.45 bits per heavy atom. The highest BCUT2D eigenvalue weighted by Crippen LogP contribution is 2.24. The zero-order valence-corrected chi connectivity index (χ0v) is 10.9. The fourth-order valence-electron chi connectivity index (χ4n) is 2.09. The summed E-state index contributed by atoms with van der Waals surface area (Å²) in [6.45, 7) is -0.453. The van der Waals surface area contributed by atoms with E-state index in [4.69, 9.17) is 9.84 Å². The maximum Gasteiger partial charge on any atom is 0.341 e. The van der Waals surface area contributed by atoms with E-state index < -0.39 is 18.1 Å². The zero-order chi connectivity index (χ0) is 14.7. The molecule has 0 aliphatic rings. The van der Waals surface area contributed by atoms with Crippen LogP contribution in [0.15, 0.2) is 23.1 Å². The lowest BCUT2D eigenvalue weighted by atomic mass is 10.0. The molecule has 0 radical (unpaired) electrons. The molecule has 106 valence electrons. The molecule has 2 N–H and O–H groups in total. The summed E-state index contributed by atoms with van der Waals surface area (Å²) in [6, 6.07) is 3.30. The van der Waals surface area contributed by atoms with Gasteiger partial charge >= 0.3 is 5.97 Å². The van der Waals surface area contributed by atoms with Crippen molar-refractivity contribution in [2.24, 2.45) is 0 Å². The first kappa shape index (κ1) is 14.0. The third kappa shape index (κ3) is 2.49. The summed E-state index contributed by atoms with van der Waals surface area (Å²) >= 11 is 0. The number of fused-ring (bicyclic) bond motifs is 1. The molecule has 2 rings (SSSR count). The number of carbonyl (C=O) groups is 1. The van der Waals surface area contributed by atoms with Gasteiger partial charge in [-0.25, -0.2) is 4.79 Å². The average molecular weight is 279 g/mol. The summed E-state index contributed by atoms with van der Waals surface area (Å²) < 4.78 is 17.4. The van der Waals surface area contributed by atoms with Crippen molar-refractivity contribution in [3.8, 4) is 5.75 Å². The van der Waals surface area contributed by atoms with E-state index in [1.807, 2.05) is 0 Å². The van der Waals surface area contributed by atoms with Crippen LogP contribution < -0.4 is 10.2 Å². The number of hydrogen-bond acceptors (Lipinski definition) is 3. The fourth-order valence-corrected chi connectivity index (χ4v) is 2.09. The number of aryl methyl sites for hydroxylation is 1. The van der Waals surface area contributed by atoms with Crippen molar-refractivity contribution >= 4 is 16.9 Å². The van der Waals surface area contributed by atoms with E-state index in [9.17, 15) is 14.0 Å². The lowest BCUT2D eigenvalue weighted by Crippen LogP contribution is -2.15. The second-order valence-electron chi connectivity index (χ2n) is 4.35. The van der Waals surface area contributed by atoms with E-state index in [-0.39, 0.29) is 10.9 Å². The predicted molar refractivity (Wildman–Crippen MR) is 72.4 cm³/mol. The van der Waals surface area contributed by atoms with Crippen molar-refractivity contribution < 1.29 is 19.0 Å². The van der Waals surface area contributed by atoms with Gasteiger partial charge in [-0.3, -0.25) is 9.18 Å². The number of ether oxygens (including phenoxy) is 1. The molecule has 0 bridgehead atoms. The predicted octanol–water partition coefficient (Wildman–Crippen LogP) is 2.14. The first-order chi connectivity index (χ1) is 9.58. The molecule has 1 aromatic carbocycles. The number of carboxylic acid groups (broad SMARTS) is 1. The Bertz CT molecular complexity index is 708. The van der Waals surface area contributed by atoms with Crippen LogP contribution in [0.4, 0.5) is 4.39 Å². The van der Waals surface area contributed by atoms with Crippen LogP contribution in [0.3, 0.4) is 0 Å². The summed E-state index contributed by atoms with van der Waals surface area (Å²) in [5.74, 6) is -0.855. The van der Waals surface area contributed by atoms with Gasteiger partial charge in [0.25, 0.3) is 0 Å². The van der Waals surface area contributed by atoms with Gasteiger partial charge in [-0.2, -0.15) is 0 Å². The first-order valence-corrected chi connectivity index (χ1v) is 6.10. The van der Waals surface area contributed by atoms with Gasteiger partial charge in [0, 0.05) is 6.20 Å². The third-order valence-corrected chi connectivity index (χ3v) is 3.06. The van der Waals surface area contributed by atoms with Crippen molar-refractivity contribution in [1.29, 1.82) is 0 Å². The molecular weight excluding hydrogens is 265 g/mol. The maximum atomic E-state index is 12.2. The number of hydrogen-bond donors (Lipinski definition) is 2. The Morgan fingerprint density at radius 2 is 2.20 bits per heavy atom. The molecular formula is C14H14FNO4. The Labute approximate surface area is 114 Å². The second-order valence-corrected chi connectivity index (χ2v) is 4.35. The SMILES string of the molecule is COc1cc(CCCF)cc2c(=O)c(C(=O)O)c[nH]c12. The van der Waals surface area contributed by atoms with E-state index in [0.29, 0.717) is 24.1 Å². The number of aromatic carboxylic acids is 1. The molecule has 0 fully saturated rings. The number of alkyl halides is 1. The summed E-state index contributed by atoms with van der Waals surface area (Å²) in [5.41, 5.74) is 0.264. The molecule has 2 aromatic rings. The molecule has 0 aliphatic carbocycles. The van der Waals surface area contributed by atoms with Gasteiger partial charge < -0.3 is 14.8 Å². The van der Waals surface area contributed by atoms with Crippen LogP contribution in [0, 0.1) is 0 Å². The van der Waals surface area contributed by atoms with Crippen LogP contribution in [0.25, 0.3) is 10.9 Å². The minimum Gasteiger partial charge on any atom is -0.495 e. The van der Waals surface area contributed by atoms with Gasteiger partial charge in [0.15, 0.2) is 0 Å². The molecule has 20 heavy (non-hydrogen) atoms. The molecule has 0 saturated carbocycles. The zero-order valence-electron chi connectivity index (χ0n) is 10.9. The van der Waals surface area contributed by atoms with Gasteiger partial charge in [-0.15, -0.1) is 0 Å². The van der Waals surface area contributed by atoms with Crippen molar-refractivity contribution in [2.45, 2.75) is 12.8 Å². The largest absolute Gasteiger partial charge is 0.495 e. The number of aromatic nitrogens is 1. The Balaban J connectivity index is 2.69. The van der Waals surface area contributed by atoms with Gasteiger partial charge in [0.2, 0.25) is 5.43 Å². The number of pyridine rings is 1. The number of aromatic amines is 1. The molecule has 1 aromatic heterocycles. The Kier molecular flexibility index (Phi) is 4.02. The minimum atomic E-state index is -1.29. The number of H-pyrrole nitrogens is 1. The van der Waals surface area contributed by atoms with Crippen LogP contribution in [-0.4, -0.2) is 29.8 Å². The van der Waals surface area contributed by atoms with Crippen molar-refractivity contribution in [1.82, 2.24) is 4.98 Å². The highest BCUT2D eigenvalue weighted by Gasteiger charge is 2.14. The van der Waals surface area contributed by atoms with Crippen LogP contribution in [0.1, 0.15) is 22.3 Å². The number of halogens is 1. The van der Waals surface area contributed by atoms with Crippen LogP contribution in [0.2, 0.25) is 0 Å². The quantitative estimate of drug-likeness (QED) is 0.878. The van der Waals surface area contributed by atoms with Gasteiger partial charge in [-0.1, -0.05) is 0 Å². The highest BCUT2D eigenvalue weighted by atomic mass is 19.1. The van der Waals surface area contributed by atoms with Crippen molar-refractivity contribution in [3.63, 3.8) is 0 Å². The standard InChI is InChI=1S/C14H14FNO4/c1-20-11-6-8(3-2-4-15)5-9-12(11)16-7-10(13(9)17)14(18)19/h5-7H,2-4H2,1H3,(H,16,17)(H,18,19). The summed E-state index contributed by atoms with van der Waals surface area (Å²) in [7, 11) is 1.46. The average Bonchev–Trinajstić information content (AvgIpc) is 2.44. The van der Waals surface area contributed by atoms with Gasteiger partial charge in [0.05, 0.1) is 24.7 Å². The Hall–Kier alpha value is -2.37. The second kappa shape index (κ2) is 5.73. The van der Waals surface area contributed by atoms with Gasteiger partial charge in [0.1, 0.15) is 11.3 Å². The number of carboxylic acids is 1. The molecule has 1 heterocycles. The maximum absolute atomic E-state index is 12.2. The summed E-state index contributed by atoms with van der Waals surface area (Å²) in [4.78, 5) is 25.9. The lowest BCUT2D eigenvalue weighted by Gasteiger charge is -2.09. The molecule has 0 saturated heterocycles. The normalized spacial score (nSPS) is 10.7. The number of benzene rings is 1. The Morgan fingerprint density at radius 3 is 2.80 bits per heavy atom. The van der Waals surface area contributed by atoms with Crippen LogP contribution >= 0.6 is 0 Å². The molecule has 0 aliphatic heterocycles. The summed E-state index contributed by atoms with van der Waals surface area (Å²) in [6.07, 6.45) is 1.95. The molecule has 0 spiro atoms. The van der Waals surface area contributed by atoms with E-state index in [1.165, 1.54) is 7.11 Å².